The summed E-state index contributed by atoms with van der Waals surface area (Å²) >= 11 is 0. The van der Waals surface area contributed by atoms with Gasteiger partial charge in [-0.2, -0.15) is 0 Å². The summed E-state index contributed by atoms with van der Waals surface area (Å²) in [6.45, 7) is 6.87. The van der Waals surface area contributed by atoms with E-state index in [0.29, 0.717) is 29.1 Å². The average molecular weight is 194 g/mol. The summed E-state index contributed by atoms with van der Waals surface area (Å²) in [4.78, 5) is 11.3. The Kier molecular flexibility index (Phi) is 1.27. The second-order valence-corrected chi connectivity index (χ2v) is 6.05. The molecule has 6 unspecified atom stereocenters. The third kappa shape index (κ3) is 0.608. The van der Waals surface area contributed by atoms with Crippen LogP contribution >= 0.6 is 0 Å². The van der Waals surface area contributed by atoms with E-state index in [1.165, 1.54) is 0 Å². The van der Waals surface area contributed by atoms with Crippen molar-refractivity contribution in [2.75, 3.05) is 0 Å². The van der Waals surface area contributed by atoms with E-state index in [0.717, 1.165) is 12.8 Å². The second-order valence-electron chi connectivity index (χ2n) is 6.05. The van der Waals surface area contributed by atoms with E-state index in [2.05, 4.69) is 20.8 Å². The molecule has 6 atom stereocenters. The van der Waals surface area contributed by atoms with Gasteiger partial charge in [-0.05, 0) is 41.9 Å². The Morgan fingerprint density at radius 2 is 1.71 bits per heavy atom. The van der Waals surface area contributed by atoms with E-state index >= 15 is 0 Å². The van der Waals surface area contributed by atoms with Gasteiger partial charge in [0.2, 0.25) is 0 Å². The van der Waals surface area contributed by atoms with Crippen molar-refractivity contribution in [1.82, 2.24) is 0 Å². The normalized spacial score (nSPS) is 63.9. The van der Waals surface area contributed by atoms with Crippen LogP contribution < -0.4 is 0 Å². The number of carbonyl (C=O) groups is 1. The summed E-state index contributed by atoms with van der Waals surface area (Å²) < 4.78 is 0. The van der Waals surface area contributed by atoms with Gasteiger partial charge >= 0.3 is 5.97 Å². The van der Waals surface area contributed by atoms with Crippen LogP contribution in [0.15, 0.2) is 0 Å². The van der Waals surface area contributed by atoms with Gasteiger partial charge in [0, 0.05) is 0 Å². The van der Waals surface area contributed by atoms with Crippen molar-refractivity contribution in [2.45, 2.75) is 33.6 Å². The van der Waals surface area contributed by atoms with E-state index < -0.39 is 5.97 Å². The van der Waals surface area contributed by atoms with Crippen LogP contribution in [0.1, 0.15) is 33.6 Å². The molecular formula is C12H18O2. The molecule has 0 heterocycles. The molecule has 0 amide bonds. The standard InChI is InChI=1S/C12H18O2/c1-6-8-4-11(6,3)7(2)9-5-12(8,9)10(13)14/h6-9H,4-5H2,1-3H3,(H,13,14). The SMILES string of the molecule is CC1C2CC1(C)C(C)C1CC21C(=O)O. The van der Waals surface area contributed by atoms with E-state index in [-0.39, 0.29) is 5.41 Å². The lowest BCUT2D eigenvalue weighted by atomic mass is 9.42. The second kappa shape index (κ2) is 2.02. The fourth-order valence-electron chi connectivity index (χ4n) is 4.58. The molecule has 4 saturated carbocycles. The molecule has 2 nitrogen and oxygen atoms in total. The van der Waals surface area contributed by atoms with Gasteiger partial charge in [-0.25, -0.2) is 0 Å². The first-order valence-corrected chi connectivity index (χ1v) is 5.68. The van der Waals surface area contributed by atoms with Gasteiger partial charge in [-0.15, -0.1) is 0 Å². The van der Waals surface area contributed by atoms with Crippen molar-refractivity contribution < 1.29 is 9.90 Å². The van der Waals surface area contributed by atoms with Crippen LogP contribution in [0.4, 0.5) is 0 Å². The Bertz CT molecular complexity index is 324. The van der Waals surface area contributed by atoms with Crippen LogP contribution in [-0.4, -0.2) is 11.1 Å². The van der Waals surface area contributed by atoms with Crippen molar-refractivity contribution in [3.05, 3.63) is 0 Å². The number of hydrogen-bond donors (Lipinski definition) is 1. The summed E-state index contributed by atoms with van der Waals surface area (Å²) in [7, 11) is 0. The van der Waals surface area contributed by atoms with Crippen molar-refractivity contribution in [3.63, 3.8) is 0 Å². The summed E-state index contributed by atoms with van der Waals surface area (Å²) in [6, 6.07) is 0. The fraction of sp³-hybridized carbons (Fsp3) is 0.917. The first-order valence-electron chi connectivity index (χ1n) is 5.68. The maximum Gasteiger partial charge on any atom is 0.310 e. The average Bonchev–Trinajstić information content (AvgIpc) is 2.87. The van der Waals surface area contributed by atoms with Gasteiger partial charge in [-0.3, -0.25) is 4.79 Å². The zero-order valence-corrected chi connectivity index (χ0v) is 9.08. The topological polar surface area (TPSA) is 37.3 Å². The molecule has 4 aliphatic carbocycles. The third-order valence-corrected chi connectivity index (χ3v) is 6.07. The monoisotopic (exact) mass is 194 g/mol. The van der Waals surface area contributed by atoms with Crippen molar-refractivity contribution in [2.24, 2.45) is 34.5 Å². The predicted molar refractivity (Wildman–Crippen MR) is 52.7 cm³/mol. The molecule has 14 heavy (non-hydrogen) atoms. The predicted octanol–water partition coefficient (Wildman–Crippen LogP) is 2.39. The van der Waals surface area contributed by atoms with Crippen LogP contribution in [0.2, 0.25) is 0 Å². The van der Waals surface area contributed by atoms with Gasteiger partial charge in [-0.1, -0.05) is 20.8 Å². The molecule has 4 aliphatic rings. The largest absolute Gasteiger partial charge is 0.481 e. The first kappa shape index (κ1) is 8.75. The molecule has 2 bridgehead atoms. The quantitative estimate of drug-likeness (QED) is 0.696. The minimum Gasteiger partial charge on any atom is -0.481 e. The Labute approximate surface area is 84.7 Å². The van der Waals surface area contributed by atoms with Gasteiger partial charge < -0.3 is 5.11 Å². The van der Waals surface area contributed by atoms with Crippen molar-refractivity contribution in [3.8, 4) is 0 Å². The minimum atomic E-state index is -0.520. The summed E-state index contributed by atoms with van der Waals surface area (Å²) in [5, 5.41) is 9.35. The molecule has 0 aromatic carbocycles. The van der Waals surface area contributed by atoms with E-state index in [1.807, 2.05) is 0 Å². The Hall–Kier alpha value is -0.530. The molecular weight excluding hydrogens is 176 g/mol. The van der Waals surface area contributed by atoms with E-state index in [4.69, 9.17) is 0 Å². The number of aliphatic carboxylic acids is 1. The molecule has 1 N–H and O–H groups in total. The Balaban J connectivity index is 2.01. The maximum absolute atomic E-state index is 11.3. The molecule has 2 heteroatoms. The molecule has 4 fully saturated rings. The van der Waals surface area contributed by atoms with Crippen LogP contribution in [0.3, 0.4) is 0 Å². The number of rotatable bonds is 1. The first-order chi connectivity index (χ1) is 6.44. The van der Waals surface area contributed by atoms with Gasteiger partial charge in [0.1, 0.15) is 0 Å². The van der Waals surface area contributed by atoms with E-state index in [9.17, 15) is 9.90 Å². The van der Waals surface area contributed by atoms with Crippen LogP contribution in [-0.2, 0) is 4.79 Å². The van der Waals surface area contributed by atoms with Crippen LogP contribution in [0.5, 0.6) is 0 Å². The lowest BCUT2D eigenvalue weighted by molar-refractivity contribution is -0.179. The highest BCUT2D eigenvalue weighted by atomic mass is 16.4. The summed E-state index contributed by atoms with van der Waals surface area (Å²) in [5.74, 6) is 1.67. The molecule has 0 aromatic heterocycles. The molecule has 0 saturated heterocycles. The summed E-state index contributed by atoms with van der Waals surface area (Å²) in [5.41, 5.74) is 0.154. The van der Waals surface area contributed by atoms with Gasteiger partial charge in [0.05, 0.1) is 5.41 Å². The van der Waals surface area contributed by atoms with Crippen LogP contribution in [0, 0.1) is 34.5 Å². The Morgan fingerprint density at radius 1 is 1.21 bits per heavy atom. The molecule has 0 aliphatic heterocycles. The van der Waals surface area contributed by atoms with Gasteiger partial charge in [0.15, 0.2) is 0 Å². The summed E-state index contributed by atoms with van der Waals surface area (Å²) in [6.07, 6.45) is 2.10. The maximum atomic E-state index is 11.3. The number of carboxylic acids is 1. The zero-order valence-electron chi connectivity index (χ0n) is 9.08. The zero-order chi connectivity index (χ0) is 10.3. The molecule has 0 spiro atoms. The van der Waals surface area contributed by atoms with Crippen molar-refractivity contribution >= 4 is 5.97 Å². The fourth-order valence-corrected chi connectivity index (χ4v) is 4.58. The Morgan fingerprint density at radius 3 is 2.21 bits per heavy atom. The minimum absolute atomic E-state index is 0.295. The highest BCUT2D eigenvalue weighted by Gasteiger charge is 2.78. The number of carboxylic acid groups (broad SMARTS) is 1. The van der Waals surface area contributed by atoms with Crippen LogP contribution in [0.25, 0.3) is 0 Å². The lowest BCUT2D eigenvalue weighted by Crippen LogP contribution is -2.59. The molecule has 0 radical (unpaired) electrons. The van der Waals surface area contributed by atoms with E-state index in [1.54, 1.807) is 0 Å². The number of hydrogen-bond acceptors (Lipinski definition) is 1. The van der Waals surface area contributed by atoms with Crippen molar-refractivity contribution in [1.29, 1.82) is 0 Å². The lowest BCUT2D eigenvalue weighted by Gasteiger charge is -2.62. The smallest absolute Gasteiger partial charge is 0.310 e. The van der Waals surface area contributed by atoms with Gasteiger partial charge in [0.25, 0.3) is 0 Å². The highest BCUT2D eigenvalue weighted by molar-refractivity contribution is 5.80. The molecule has 0 aromatic rings. The third-order valence-electron chi connectivity index (χ3n) is 6.07. The molecule has 78 valence electrons. The highest BCUT2D eigenvalue weighted by Crippen LogP contribution is 2.80. The molecule has 4 rings (SSSR count).